The monoisotopic (exact) mass is 377 g/mol. The summed E-state index contributed by atoms with van der Waals surface area (Å²) in [5, 5.41) is 9.54. The summed E-state index contributed by atoms with van der Waals surface area (Å²) < 4.78 is 5.70. The molecule has 2 aliphatic carbocycles. The number of ether oxygens (including phenoxy) is 1. The van der Waals surface area contributed by atoms with Crippen LogP contribution in [0.5, 0.6) is 0 Å². The smallest absolute Gasteiger partial charge is 0.410 e. The van der Waals surface area contributed by atoms with Crippen molar-refractivity contribution >= 4 is 12.1 Å². The first-order valence-corrected chi connectivity index (χ1v) is 9.92. The molecule has 5 nitrogen and oxygen atoms in total. The highest BCUT2D eigenvalue weighted by atomic mass is 16.6. The maximum absolute atomic E-state index is 12.8. The van der Waals surface area contributed by atoms with Crippen LogP contribution < -0.4 is 0 Å². The van der Waals surface area contributed by atoms with Crippen molar-refractivity contribution in [2.75, 3.05) is 13.2 Å². The van der Waals surface area contributed by atoms with Gasteiger partial charge >= 0.3 is 12.1 Å². The van der Waals surface area contributed by atoms with E-state index in [4.69, 9.17) is 4.74 Å². The molecule has 1 unspecified atom stereocenters. The summed E-state index contributed by atoms with van der Waals surface area (Å²) in [7, 11) is 0. The Morgan fingerprint density at radius 1 is 1.00 bits per heavy atom. The number of rotatable bonds is 3. The zero-order chi connectivity index (χ0) is 19.3. The van der Waals surface area contributed by atoms with E-state index in [2.05, 4.69) is 24.3 Å². The quantitative estimate of drug-likeness (QED) is 0.868. The second-order valence-corrected chi connectivity index (χ2v) is 8.32. The van der Waals surface area contributed by atoms with E-state index in [1.165, 1.54) is 16.0 Å². The number of amides is 1. The Hall–Kier alpha value is -2.82. The summed E-state index contributed by atoms with van der Waals surface area (Å²) in [5.41, 5.74) is 4.81. The number of fused-ring (bicyclic) bond motifs is 3. The van der Waals surface area contributed by atoms with Crippen molar-refractivity contribution in [2.24, 2.45) is 5.41 Å². The highest BCUT2D eigenvalue weighted by Gasteiger charge is 2.51. The van der Waals surface area contributed by atoms with Gasteiger partial charge in [-0.3, -0.25) is 4.90 Å². The van der Waals surface area contributed by atoms with E-state index in [-0.39, 0.29) is 17.9 Å². The van der Waals surface area contributed by atoms with Gasteiger partial charge in [0.25, 0.3) is 0 Å². The van der Waals surface area contributed by atoms with Crippen LogP contribution in [0.4, 0.5) is 4.79 Å². The normalized spacial score (nSPS) is 21.9. The van der Waals surface area contributed by atoms with Gasteiger partial charge in [-0.1, -0.05) is 48.5 Å². The number of piperidine rings is 1. The average molecular weight is 377 g/mol. The molecule has 5 heteroatoms. The van der Waals surface area contributed by atoms with Gasteiger partial charge in [0.1, 0.15) is 12.6 Å². The van der Waals surface area contributed by atoms with Crippen molar-refractivity contribution in [3.05, 3.63) is 59.7 Å². The molecule has 0 radical (unpaired) electrons. The van der Waals surface area contributed by atoms with Gasteiger partial charge in [-0.25, -0.2) is 9.59 Å². The number of carbonyl (C=O) groups excluding carboxylic acids is 1. The van der Waals surface area contributed by atoms with Crippen molar-refractivity contribution in [1.29, 1.82) is 0 Å². The Bertz CT molecular complexity index is 904. The van der Waals surface area contributed by atoms with Gasteiger partial charge in [0.2, 0.25) is 0 Å². The molecule has 1 atom stereocenters. The Balaban J connectivity index is 1.36. The molecule has 1 amide bonds. The second kappa shape index (κ2) is 6.36. The summed E-state index contributed by atoms with van der Waals surface area (Å²) in [6.07, 6.45) is 3.05. The molecule has 1 N–H and O–H groups in total. The fourth-order valence-electron chi connectivity index (χ4n) is 4.86. The standard InChI is InChI=1S/C23H23NO4/c25-21(26)20-9-10-23(11-12-23)14-24(20)22(27)28-13-19-17-7-3-1-5-15(17)16-6-2-4-8-18(16)19/h1-8,19-20H,9-14H2,(H,25,26). The van der Waals surface area contributed by atoms with E-state index in [9.17, 15) is 14.7 Å². The third kappa shape index (κ3) is 2.77. The molecule has 0 aromatic heterocycles. The predicted molar refractivity (Wildman–Crippen MR) is 104 cm³/mol. The van der Waals surface area contributed by atoms with Crippen LogP contribution in [0, 0.1) is 5.41 Å². The molecular formula is C23H23NO4. The maximum Gasteiger partial charge on any atom is 0.410 e. The van der Waals surface area contributed by atoms with Crippen LogP contribution in [-0.2, 0) is 9.53 Å². The van der Waals surface area contributed by atoms with E-state index >= 15 is 0 Å². The number of carbonyl (C=O) groups is 2. The Kier molecular flexibility index (Phi) is 3.93. The lowest BCUT2D eigenvalue weighted by Crippen LogP contribution is -2.51. The van der Waals surface area contributed by atoms with E-state index in [0.717, 1.165) is 30.4 Å². The summed E-state index contributed by atoms with van der Waals surface area (Å²) >= 11 is 0. The van der Waals surface area contributed by atoms with Crippen LogP contribution in [0.15, 0.2) is 48.5 Å². The van der Waals surface area contributed by atoms with Crippen molar-refractivity contribution in [1.82, 2.24) is 4.90 Å². The van der Waals surface area contributed by atoms with E-state index in [1.807, 2.05) is 24.3 Å². The number of aliphatic carboxylic acids is 1. The molecule has 0 bridgehead atoms. The van der Waals surface area contributed by atoms with Gasteiger partial charge in [-0.15, -0.1) is 0 Å². The first-order valence-electron chi connectivity index (χ1n) is 9.92. The Morgan fingerprint density at radius 3 is 2.18 bits per heavy atom. The summed E-state index contributed by atoms with van der Waals surface area (Å²) in [6.45, 7) is 0.726. The molecule has 144 valence electrons. The molecule has 2 fully saturated rings. The van der Waals surface area contributed by atoms with Gasteiger partial charge in [-0.05, 0) is 53.4 Å². The second-order valence-electron chi connectivity index (χ2n) is 8.32. The van der Waals surface area contributed by atoms with Crippen molar-refractivity contribution in [3.63, 3.8) is 0 Å². The van der Waals surface area contributed by atoms with Crippen LogP contribution in [-0.4, -0.2) is 41.3 Å². The number of carboxylic acid groups (broad SMARTS) is 1. The largest absolute Gasteiger partial charge is 0.480 e. The first kappa shape index (κ1) is 17.3. The number of carboxylic acids is 1. The number of hydrogen-bond donors (Lipinski definition) is 1. The molecule has 1 saturated carbocycles. The SMILES string of the molecule is O=C(O)C1CCC2(CC2)CN1C(=O)OCC1c2ccccc2-c2ccccc21. The maximum atomic E-state index is 12.8. The molecule has 1 aliphatic heterocycles. The van der Waals surface area contributed by atoms with Crippen molar-refractivity contribution < 1.29 is 19.4 Å². The molecule has 1 heterocycles. The van der Waals surface area contributed by atoms with Crippen molar-refractivity contribution in [3.8, 4) is 11.1 Å². The minimum absolute atomic E-state index is 0.0145. The molecule has 2 aromatic carbocycles. The third-order valence-electron chi connectivity index (χ3n) is 6.64. The van der Waals surface area contributed by atoms with Crippen molar-refractivity contribution in [2.45, 2.75) is 37.6 Å². The molecule has 3 aliphatic rings. The molecule has 2 aromatic rings. The predicted octanol–water partition coefficient (Wildman–Crippen LogP) is 4.26. The first-order chi connectivity index (χ1) is 13.6. The number of hydrogen-bond acceptors (Lipinski definition) is 3. The topological polar surface area (TPSA) is 66.8 Å². The van der Waals surface area contributed by atoms with Gasteiger partial charge in [0.15, 0.2) is 0 Å². The lowest BCUT2D eigenvalue weighted by molar-refractivity contribution is -0.144. The minimum atomic E-state index is -0.941. The summed E-state index contributed by atoms with van der Waals surface area (Å²) in [6, 6.07) is 15.6. The average Bonchev–Trinajstić information content (AvgIpc) is 3.38. The van der Waals surface area contributed by atoms with Crippen LogP contribution in [0.1, 0.15) is 42.7 Å². The van der Waals surface area contributed by atoms with Gasteiger partial charge < -0.3 is 9.84 Å². The van der Waals surface area contributed by atoms with E-state index in [0.29, 0.717) is 13.0 Å². The van der Waals surface area contributed by atoms with Gasteiger partial charge in [0.05, 0.1) is 0 Å². The lowest BCUT2D eigenvalue weighted by atomic mass is 9.90. The molecular weight excluding hydrogens is 354 g/mol. The third-order valence-corrected chi connectivity index (χ3v) is 6.64. The number of benzene rings is 2. The molecule has 28 heavy (non-hydrogen) atoms. The molecule has 1 spiro atoms. The molecule has 1 saturated heterocycles. The Labute approximate surface area is 163 Å². The number of nitrogens with zero attached hydrogens (tertiary/aromatic N) is 1. The summed E-state index contributed by atoms with van der Waals surface area (Å²) in [4.78, 5) is 25.9. The highest BCUT2D eigenvalue weighted by Crippen LogP contribution is 2.53. The van der Waals surface area contributed by atoms with Crippen LogP contribution in [0.25, 0.3) is 11.1 Å². The zero-order valence-electron chi connectivity index (χ0n) is 15.6. The van der Waals surface area contributed by atoms with E-state index < -0.39 is 18.1 Å². The molecule has 5 rings (SSSR count). The fraction of sp³-hybridized carbons (Fsp3) is 0.391. The van der Waals surface area contributed by atoms with Gasteiger partial charge in [-0.2, -0.15) is 0 Å². The lowest BCUT2D eigenvalue weighted by Gasteiger charge is -2.37. The minimum Gasteiger partial charge on any atom is -0.480 e. The highest BCUT2D eigenvalue weighted by molar-refractivity contribution is 5.81. The zero-order valence-corrected chi connectivity index (χ0v) is 15.6. The fourth-order valence-corrected chi connectivity index (χ4v) is 4.86. The van der Waals surface area contributed by atoms with E-state index in [1.54, 1.807) is 0 Å². The van der Waals surface area contributed by atoms with Crippen LogP contribution >= 0.6 is 0 Å². The number of likely N-dealkylation sites (tertiary alicyclic amines) is 1. The Morgan fingerprint density at radius 2 is 1.61 bits per heavy atom. The summed E-state index contributed by atoms with van der Waals surface area (Å²) in [5.74, 6) is -0.955. The van der Waals surface area contributed by atoms with Crippen LogP contribution in [0.2, 0.25) is 0 Å². The van der Waals surface area contributed by atoms with Crippen LogP contribution in [0.3, 0.4) is 0 Å². The van der Waals surface area contributed by atoms with Gasteiger partial charge in [0, 0.05) is 12.5 Å².